The molecule has 3 heterocycles. The molecule has 0 unspecified atom stereocenters. The van der Waals surface area contributed by atoms with Crippen LogP contribution in [0.1, 0.15) is 26.2 Å². The fraction of sp³-hybridized carbons (Fsp3) is 0.467. The Kier molecular flexibility index (Phi) is 4.72. The number of aromatic nitrogens is 4. The maximum Gasteiger partial charge on any atom is 0.233 e. The number of pyridine rings is 1. The summed E-state index contributed by atoms with van der Waals surface area (Å²) in [5.74, 6) is 1.26. The molecule has 0 aromatic carbocycles. The first-order chi connectivity index (χ1) is 10.7. The van der Waals surface area contributed by atoms with E-state index in [1.54, 1.807) is 12.4 Å². The molecule has 0 aliphatic carbocycles. The van der Waals surface area contributed by atoms with Crippen LogP contribution < -0.4 is 0 Å². The molecule has 2 aromatic rings. The Morgan fingerprint density at radius 2 is 2.23 bits per heavy atom. The molecule has 1 aliphatic rings. The summed E-state index contributed by atoms with van der Waals surface area (Å²) in [7, 11) is 0. The fourth-order valence-corrected chi connectivity index (χ4v) is 3.31. The summed E-state index contributed by atoms with van der Waals surface area (Å²) in [6, 6.07) is 4.09. The standard InChI is InChI=1S/C15H19N5OS/c1-11-4-2-3-9-20(11)13(21)10-22-15-17-14(18-19-15)12-5-7-16-8-6-12/h5-8,11H,2-4,9-10H2,1H3,(H,17,18,19)/t11-/m1/s1. The second kappa shape index (κ2) is 6.91. The molecule has 0 spiro atoms. The summed E-state index contributed by atoms with van der Waals surface area (Å²) >= 11 is 1.38. The lowest BCUT2D eigenvalue weighted by Crippen LogP contribution is -2.42. The van der Waals surface area contributed by atoms with Gasteiger partial charge < -0.3 is 4.90 Å². The first-order valence-electron chi connectivity index (χ1n) is 7.49. The van der Waals surface area contributed by atoms with Crippen LogP contribution in [-0.2, 0) is 4.79 Å². The van der Waals surface area contributed by atoms with Crippen molar-refractivity contribution in [3.8, 4) is 11.4 Å². The third kappa shape index (κ3) is 3.47. The zero-order chi connectivity index (χ0) is 15.4. The van der Waals surface area contributed by atoms with Crippen LogP contribution in [0, 0.1) is 0 Å². The van der Waals surface area contributed by atoms with Crippen molar-refractivity contribution in [2.24, 2.45) is 0 Å². The zero-order valence-electron chi connectivity index (χ0n) is 12.5. The average molecular weight is 317 g/mol. The van der Waals surface area contributed by atoms with Gasteiger partial charge in [-0.2, -0.15) is 0 Å². The molecule has 3 rings (SSSR count). The monoisotopic (exact) mass is 317 g/mol. The Balaban J connectivity index is 1.58. The molecule has 1 aliphatic heterocycles. The molecule has 6 nitrogen and oxygen atoms in total. The molecular weight excluding hydrogens is 298 g/mol. The lowest BCUT2D eigenvalue weighted by molar-refractivity contribution is -0.131. The van der Waals surface area contributed by atoms with Crippen LogP contribution in [0.25, 0.3) is 11.4 Å². The fourth-order valence-electron chi connectivity index (χ4n) is 2.63. The van der Waals surface area contributed by atoms with E-state index in [0.29, 0.717) is 22.8 Å². The van der Waals surface area contributed by atoms with Gasteiger partial charge in [-0.25, -0.2) is 4.98 Å². The van der Waals surface area contributed by atoms with E-state index >= 15 is 0 Å². The minimum absolute atomic E-state index is 0.174. The number of carbonyl (C=O) groups is 1. The Hall–Kier alpha value is -1.89. The van der Waals surface area contributed by atoms with Crippen LogP contribution in [0.5, 0.6) is 0 Å². The van der Waals surface area contributed by atoms with Crippen LogP contribution in [0.4, 0.5) is 0 Å². The third-order valence-corrected chi connectivity index (χ3v) is 4.70. The number of aromatic amines is 1. The van der Waals surface area contributed by atoms with Crippen molar-refractivity contribution < 1.29 is 4.79 Å². The third-order valence-electron chi connectivity index (χ3n) is 3.87. The van der Waals surface area contributed by atoms with Crippen molar-refractivity contribution in [3.05, 3.63) is 24.5 Å². The van der Waals surface area contributed by atoms with Gasteiger partial charge in [0.05, 0.1) is 5.75 Å². The van der Waals surface area contributed by atoms with Crippen LogP contribution in [-0.4, -0.2) is 49.3 Å². The number of thioether (sulfide) groups is 1. The number of carbonyl (C=O) groups excluding carboxylic acids is 1. The molecule has 1 amide bonds. The molecule has 7 heteroatoms. The molecule has 1 atom stereocenters. The summed E-state index contributed by atoms with van der Waals surface area (Å²) in [5, 5.41) is 7.67. The summed E-state index contributed by atoms with van der Waals surface area (Å²) in [4.78, 5) is 22.7. The number of H-pyrrole nitrogens is 1. The molecule has 0 radical (unpaired) electrons. The number of nitrogens with one attached hydrogen (secondary N) is 1. The number of rotatable bonds is 4. The van der Waals surface area contributed by atoms with E-state index in [4.69, 9.17) is 0 Å². The van der Waals surface area contributed by atoms with Crippen molar-refractivity contribution in [2.75, 3.05) is 12.3 Å². The minimum atomic E-state index is 0.174. The van der Waals surface area contributed by atoms with Gasteiger partial charge in [0, 0.05) is 30.5 Å². The van der Waals surface area contributed by atoms with Crippen LogP contribution >= 0.6 is 11.8 Å². The number of amides is 1. The SMILES string of the molecule is C[C@@H]1CCCCN1C(=O)CSc1n[nH]c(-c2ccncc2)n1. The number of hydrogen-bond donors (Lipinski definition) is 1. The number of nitrogens with zero attached hydrogens (tertiary/aromatic N) is 4. The lowest BCUT2D eigenvalue weighted by Gasteiger charge is -2.33. The summed E-state index contributed by atoms with van der Waals surface area (Å²) in [5.41, 5.74) is 0.935. The van der Waals surface area contributed by atoms with Gasteiger partial charge >= 0.3 is 0 Å². The predicted molar refractivity (Wildman–Crippen MR) is 85.4 cm³/mol. The molecule has 0 bridgehead atoms. The highest BCUT2D eigenvalue weighted by Gasteiger charge is 2.23. The van der Waals surface area contributed by atoms with Gasteiger partial charge in [-0.15, -0.1) is 5.10 Å². The molecular formula is C15H19N5OS. The second-order valence-electron chi connectivity index (χ2n) is 5.42. The van der Waals surface area contributed by atoms with E-state index in [9.17, 15) is 4.79 Å². The van der Waals surface area contributed by atoms with Crippen molar-refractivity contribution in [1.82, 2.24) is 25.1 Å². The van der Waals surface area contributed by atoms with Crippen molar-refractivity contribution in [1.29, 1.82) is 0 Å². The number of likely N-dealkylation sites (tertiary alicyclic amines) is 1. The van der Waals surface area contributed by atoms with E-state index in [2.05, 4.69) is 27.1 Å². The Labute approximate surface area is 133 Å². The molecule has 116 valence electrons. The van der Waals surface area contributed by atoms with E-state index in [0.717, 1.165) is 24.9 Å². The van der Waals surface area contributed by atoms with Gasteiger partial charge in [0.2, 0.25) is 11.1 Å². The first kappa shape index (κ1) is 15.0. The Morgan fingerprint density at radius 3 is 3.00 bits per heavy atom. The summed E-state index contributed by atoms with van der Waals surface area (Å²) in [6.07, 6.45) is 6.85. The molecule has 1 saturated heterocycles. The summed E-state index contributed by atoms with van der Waals surface area (Å²) < 4.78 is 0. The second-order valence-corrected chi connectivity index (χ2v) is 6.37. The van der Waals surface area contributed by atoms with Crippen LogP contribution in [0.2, 0.25) is 0 Å². The van der Waals surface area contributed by atoms with Gasteiger partial charge in [0.1, 0.15) is 0 Å². The van der Waals surface area contributed by atoms with Gasteiger partial charge in [0.15, 0.2) is 5.82 Å². The van der Waals surface area contributed by atoms with Gasteiger partial charge in [-0.1, -0.05) is 11.8 Å². The quantitative estimate of drug-likeness (QED) is 0.876. The van der Waals surface area contributed by atoms with E-state index < -0.39 is 0 Å². The molecule has 0 saturated carbocycles. The smallest absolute Gasteiger partial charge is 0.233 e. The predicted octanol–water partition coefficient (Wildman–Crippen LogP) is 2.36. The van der Waals surface area contributed by atoms with Crippen molar-refractivity contribution in [3.63, 3.8) is 0 Å². The van der Waals surface area contributed by atoms with E-state index in [1.807, 2.05) is 17.0 Å². The van der Waals surface area contributed by atoms with Gasteiger partial charge in [0.25, 0.3) is 0 Å². The topological polar surface area (TPSA) is 74.8 Å². The first-order valence-corrected chi connectivity index (χ1v) is 8.47. The summed E-state index contributed by atoms with van der Waals surface area (Å²) in [6.45, 7) is 2.99. The highest BCUT2D eigenvalue weighted by atomic mass is 32.2. The maximum absolute atomic E-state index is 12.3. The normalized spacial score (nSPS) is 18.4. The molecule has 2 aromatic heterocycles. The van der Waals surface area contributed by atoms with Gasteiger partial charge in [-0.05, 0) is 38.3 Å². The Bertz CT molecular complexity index is 630. The highest BCUT2D eigenvalue weighted by Crippen LogP contribution is 2.21. The van der Waals surface area contributed by atoms with E-state index in [1.165, 1.54) is 18.2 Å². The Morgan fingerprint density at radius 1 is 1.41 bits per heavy atom. The van der Waals surface area contributed by atoms with E-state index in [-0.39, 0.29) is 5.91 Å². The molecule has 1 fully saturated rings. The van der Waals surface area contributed by atoms with Crippen molar-refractivity contribution >= 4 is 17.7 Å². The van der Waals surface area contributed by atoms with Crippen molar-refractivity contribution in [2.45, 2.75) is 37.4 Å². The highest BCUT2D eigenvalue weighted by molar-refractivity contribution is 7.99. The average Bonchev–Trinajstić information content (AvgIpc) is 3.03. The van der Waals surface area contributed by atoms with Crippen LogP contribution in [0.15, 0.2) is 29.7 Å². The minimum Gasteiger partial charge on any atom is -0.339 e. The number of piperidine rings is 1. The van der Waals surface area contributed by atoms with Gasteiger partial charge in [-0.3, -0.25) is 14.9 Å². The molecule has 22 heavy (non-hydrogen) atoms. The van der Waals surface area contributed by atoms with Crippen LogP contribution in [0.3, 0.4) is 0 Å². The number of hydrogen-bond acceptors (Lipinski definition) is 5. The zero-order valence-corrected chi connectivity index (χ0v) is 13.3. The largest absolute Gasteiger partial charge is 0.339 e. The molecule has 1 N–H and O–H groups in total. The lowest BCUT2D eigenvalue weighted by atomic mass is 10.0. The maximum atomic E-state index is 12.3.